The van der Waals surface area contributed by atoms with Crippen molar-refractivity contribution in [2.45, 2.75) is 30.8 Å². The minimum Gasteiger partial charge on any atom is -0.495 e. The molecule has 32 heavy (non-hydrogen) atoms. The molecule has 1 aliphatic heterocycles. The Hall–Kier alpha value is -3.04. The van der Waals surface area contributed by atoms with Gasteiger partial charge in [0.25, 0.3) is 10.0 Å². The summed E-state index contributed by atoms with van der Waals surface area (Å²) >= 11 is 0. The Labute approximate surface area is 187 Å². The van der Waals surface area contributed by atoms with Crippen LogP contribution in [-0.4, -0.2) is 40.7 Å². The molecular formula is C23H26FN3O4S. The first kappa shape index (κ1) is 22.2. The maximum Gasteiger partial charge on any atom is 0.265 e. The highest BCUT2D eigenvalue weighted by atomic mass is 32.2. The quantitative estimate of drug-likeness (QED) is 0.578. The molecular weight excluding hydrogens is 433 g/mol. The maximum atomic E-state index is 14.6. The molecule has 9 heteroatoms. The number of hydrogen-bond donors (Lipinski definition) is 2. The van der Waals surface area contributed by atoms with Gasteiger partial charge in [0, 0.05) is 36.4 Å². The van der Waals surface area contributed by atoms with Gasteiger partial charge < -0.3 is 19.4 Å². The number of furan rings is 1. The lowest BCUT2D eigenvalue weighted by Gasteiger charge is -2.37. The van der Waals surface area contributed by atoms with Crippen LogP contribution in [0.3, 0.4) is 0 Å². The van der Waals surface area contributed by atoms with Crippen LogP contribution >= 0.6 is 0 Å². The van der Waals surface area contributed by atoms with Crippen LogP contribution in [0.15, 0.2) is 64.3 Å². The smallest absolute Gasteiger partial charge is 0.265 e. The molecule has 0 aliphatic carbocycles. The Morgan fingerprint density at radius 1 is 1.09 bits per heavy atom. The van der Waals surface area contributed by atoms with Crippen molar-refractivity contribution in [1.82, 2.24) is 5.32 Å². The van der Waals surface area contributed by atoms with Gasteiger partial charge in [-0.05, 0) is 55.8 Å². The van der Waals surface area contributed by atoms with E-state index < -0.39 is 15.8 Å². The van der Waals surface area contributed by atoms with Gasteiger partial charge in [0.05, 0.1) is 25.3 Å². The monoisotopic (exact) mass is 459 g/mol. The van der Waals surface area contributed by atoms with Crippen LogP contribution in [0.5, 0.6) is 5.75 Å². The van der Waals surface area contributed by atoms with Crippen molar-refractivity contribution in [1.29, 1.82) is 0 Å². The zero-order chi connectivity index (χ0) is 22.9. The first-order valence-electron chi connectivity index (χ1n) is 10.3. The van der Waals surface area contributed by atoms with Crippen LogP contribution < -0.4 is 19.7 Å². The van der Waals surface area contributed by atoms with Gasteiger partial charge in [-0.25, -0.2) is 12.8 Å². The summed E-state index contributed by atoms with van der Waals surface area (Å²) < 4.78 is 53.6. The van der Waals surface area contributed by atoms with Crippen LogP contribution in [0.25, 0.3) is 11.1 Å². The molecule has 0 bridgehead atoms. The molecule has 0 radical (unpaired) electrons. The molecule has 1 fully saturated rings. The van der Waals surface area contributed by atoms with Crippen LogP contribution in [0.4, 0.5) is 15.8 Å². The lowest BCUT2D eigenvalue weighted by atomic mass is 10.1. The van der Waals surface area contributed by atoms with E-state index in [1.54, 1.807) is 30.5 Å². The lowest BCUT2D eigenvalue weighted by Crippen LogP contribution is -2.54. The van der Waals surface area contributed by atoms with E-state index in [2.05, 4.69) is 28.8 Å². The normalized spacial score (nSPS) is 19.1. The second-order valence-electron chi connectivity index (χ2n) is 8.02. The second-order valence-corrected chi connectivity index (χ2v) is 9.67. The van der Waals surface area contributed by atoms with Crippen LogP contribution in [0, 0.1) is 5.82 Å². The third-order valence-corrected chi connectivity index (χ3v) is 6.83. The van der Waals surface area contributed by atoms with E-state index in [0.29, 0.717) is 0 Å². The average Bonchev–Trinajstić information content (AvgIpc) is 3.29. The molecule has 0 saturated carbocycles. The molecule has 7 nitrogen and oxygen atoms in total. The van der Waals surface area contributed by atoms with Crippen molar-refractivity contribution >= 4 is 21.4 Å². The van der Waals surface area contributed by atoms with Gasteiger partial charge in [0.2, 0.25) is 0 Å². The summed E-state index contributed by atoms with van der Waals surface area (Å²) in [4.78, 5) is 2.03. The summed E-state index contributed by atoms with van der Waals surface area (Å²) in [7, 11) is -2.71. The molecule has 2 N–H and O–H groups in total. The summed E-state index contributed by atoms with van der Waals surface area (Å²) in [5, 5.41) is 3.44. The molecule has 1 saturated heterocycles. The van der Waals surface area contributed by atoms with Crippen molar-refractivity contribution in [3.63, 3.8) is 0 Å². The van der Waals surface area contributed by atoms with E-state index in [1.165, 1.54) is 31.6 Å². The Balaban J connectivity index is 1.63. The van der Waals surface area contributed by atoms with E-state index >= 15 is 0 Å². The van der Waals surface area contributed by atoms with Gasteiger partial charge in [0.15, 0.2) is 0 Å². The number of hydrogen-bond acceptors (Lipinski definition) is 6. The number of benzene rings is 2. The highest BCUT2D eigenvalue weighted by molar-refractivity contribution is 7.92. The molecule has 1 aliphatic rings. The fourth-order valence-electron chi connectivity index (χ4n) is 4.02. The average molecular weight is 460 g/mol. The number of nitrogens with zero attached hydrogens (tertiary/aromatic N) is 1. The molecule has 0 spiro atoms. The van der Waals surface area contributed by atoms with E-state index in [9.17, 15) is 12.8 Å². The molecule has 1 aromatic heterocycles. The Kier molecular flexibility index (Phi) is 6.12. The molecule has 0 amide bonds. The van der Waals surface area contributed by atoms with Crippen molar-refractivity contribution in [3.05, 3.63) is 60.8 Å². The van der Waals surface area contributed by atoms with E-state index in [-0.39, 0.29) is 28.4 Å². The first-order valence-corrected chi connectivity index (χ1v) is 11.8. The van der Waals surface area contributed by atoms with E-state index in [1.807, 2.05) is 0 Å². The SMILES string of the molecule is COc1cc(-c2ccoc2)ccc1S(=O)(=O)Nc1cc(N2C[C@@H](C)N[C@@H](C)C2)ccc1F. The number of methoxy groups -OCH3 is 1. The van der Waals surface area contributed by atoms with Gasteiger partial charge >= 0.3 is 0 Å². The summed E-state index contributed by atoms with van der Waals surface area (Å²) in [5.74, 6) is -0.500. The van der Waals surface area contributed by atoms with Gasteiger partial charge in [-0.3, -0.25) is 4.72 Å². The van der Waals surface area contributed by atoms with E-state index in [4.69, 9.17) is 9.15 Å². The maximum absolute atomic E-state index is 14.6. The number of ether oxygens (including phenoxy) is 1. The van der Waals surface area contributed by atoms with Gasteiger partial charge in [-0.1, -0.05) is 6.07 Å². The largest absolute Gasteiger partial charge is 0.495 e. The third-order valence-electron chi connectivity index (χ3n) is 5.42. The van der Waals surface area contributed by atoms with Crippen LogP contribution in [-0.2, 0) is 10.0 Å². The molecule has 0 unspecified atom stereocenters. The molecule has 2 aromatic carbocycles. The van der Waals surface area contributed by atoms with Gasteiger partial charge in [0.1, 0.15) is 16.5 Å². The molecule has 3 aromatic rings. The summed E-state index contributed by atoms with van der Waals surface area (Å²) in [6.07, 6.45) is 3.09. The highest BCUT2D eigenvalue weighted by Crippen LogP contribution is 2.33. The molecule has 170 valence electrons. The predicted molar refractivity (Wildman–Crippen MR) is 122 cm³/mol. The minimum absolute atomic E-state index is 0.0820. The number of sulfonamides is 1. The highest BCUT2D eigenvalue weighted by Gasteiger charge is 2.25. The van der Waals surface area contributed by atoms with Gasteiger partial charge in [-0.15, -0.1) is 0 Å². The van der Waals surface area contributed by atoms with Crippen molar-refractivity contribution < 1.29 is 22.0 Å². The van der Waals surface area contributed by atoms with Crippen LogP contribution in [0.1, 0.15) is 13.8 Å². The molecule has 2 atom stereocenters. The Bertz CT molecular complexity index is 1190. The zero-order valence-corrected chi connectivity index (χ0v) is 18.9. The third kappa shape index (κ3) is 4.58. The van der Waals surface area contributed by atoms with Crippen molar-refractivity contribution in [2.75, 3.05) is 29.8 Å². The summed E-state index contributed by atoms with van der Waals surface area (Å²) in [6.45, 7) is 5.64. The van der Waals surface area contributed by atoms with Crippen molar-refractivity contribution in [2.24, 2.45) is 0 Å². The molecule has 4 rings (SSSR count). The molecule has 2 heterocycles. The van der Waals surface area contributed by atoms with E-state index in [0.717, 1.165) is 29.9 Å². The predicted octanol–water partition coefficient (Wildman–Crippen LogP) is 4.08. The second kappa shape index (κ2) is 8.84. The number of anilines is 2. The fraction of sp³-hybridized carbons (Fsp3) is 0.304. The fourth-order valence-corrected chi connectivity index (χ4v) is 5.23. The zero-order valence-electron chi connectivity index (χ0n) is 18.1. The lowest BCUT2D eigenvalue weighted by molar-refractivity contribution is 0.403. The first-order chi connectivity index (χ1) is 15.3. The number of rotatable bonds is 6. The summed E-state index contributed by atoms with van der Waals surface area (Å²) in [5.41, 5.74) is 2.18. The number of piperazine rings is 1. The Morgan fingerprint density at radius 2 is 1.84 bits per heavy atom. The number of halogens is 1. The standard InChI is InChI=1S/C23H26FN3O4S/c1-15-12-27(13-16(2)25-15)19-5-6-20(24)21(11-19)26-32(28,29)23-7-4-17(10-22(23)30-3)18-8-9-31-14-18/h4-11,14-16,25-26H,12-13H2,1-3H3/t15-,16+. The van der Waals surface area contributed by atoms with Crippen LogP contribution in [0.2, 0.25) is 0 Å². The minimum atomic E-state index is -4.10. The van der Waals surface area contributed by atoms with Crippen molar-refractivity contribution in [3.8, 4) is 16.9 Å². The number of nitrogens with one attached hydrogen (secondary N) is 2. The van der Waals surface area contributed by atoms with Gasteiger partial charge in [-0.2, -0.15) is 0 Å². The summed E-state index contributed by atoms with van der Waals surface area (Å²) in [6, 6.07) is 11.5. The Morgan fingerprint density at radius 3 is 2.50 bits per heavy atom. The topological polar surface area (TPSA) is 83.8 Å².